The standard InChI is InChI=1S/C12H17N3O/c1-10-9-15(8-7-13-10)14-12(16)11-5-3-2-4-6-11/h2-6,10,13H,7-9H2,1H3,(H,14,16). The summed E-state index contributed by atoms with van der Waals surface area (Å²) in [5.74, 6) is -0.0327. The molecule has 0 aromatic heterocycles. The second-order valence-electron chi connectivity index (χ2n) is 4.11. The number of rotatable bonds is 2. The van der Waals surface area contributed by atoms with Crippen molar-refractivity contribution < 1.29 is 4.79 Å². The Morgan fingerprint density at radius 2 is 2.19 bits per heavy atom. The number of hydrogen-bond acceptors (Lipinski definition) is 3. The third kappa shape index (κ3) is 2.81. The number of hydrazine groups is 1. The van der Waals surface area contributed by atoms with Crippen LogP contribution in [0.5, 0.6) is 0 Å². The molecule has 1 aliphatic rings. The zero-order valence-electron chi connectivity index (χ0n) is 9.44. The number of carbonyl (C=O) groups is 1. The van der Waals surface area contributed by atoms with Gasteiger partial charge in [-0.3, -0.25) is 10.2 Å². The van der Waals surface area contributed by atoms with Crippen LogP contribution < -0.4 is 10.7 Å². The van der Waals surface area contributed by atoms with Gasteiger partial charge in [-0.1, -0.05) is 18.2 Å². The minimum absolute atomic E-state index is 0.0327. The fraction of sp³-hybridized carbons (Fsp3) is 0.417. The van der Waals surface area contributed by atoms with Crippen molar-refractivity contribution >= 4 is 5.91 Å². The van der Waals surface area contributed by atoms with Crippen molar-refractivity contribution in [2.75, 3.05) is 19.6 Å². The van der Waals surface area contributed by atoms with Crippen molar-refractivity contribution in [3.63, 3.8) is 0 Å². The molecule has 1 aromatic carbocycles. The van der Waals surface area contributed by atoms with Gasteiger partial charge in [0.1, 0.15) is 0 Å². The Morgan fingerprint density at radius 1 is 1.44 bits per heavy atom. The van der Waals surface area contributed by atoms with Crippen LogP contribution in [0.2, 0.25) is 0 Å². The molecule has 1 unspecified atom stereocenters. The minimum atomic E-state index is -0.0327. The lowest BCUT2D eigenvalue weighted by atomic mass is 10.2. The molecule has 16 heavy (non-hydrogen) atoms. The summed E-state index contributed by atoms with van der Waals surface area (Å²) in [5.41, 5.74) is 3.62. The van der Waals surface area contributed by atoms with E-state index in [9.17, 15) is 4.79 Å². The van der Waals surface area contributed by atoms with Gasteiger partial charge in [0, 0.05) is 31.2 Å². The maximum absolute atomic E-state index is 11.8. The molecule has 1 amide bonds. The normalized spacial score (nSPS) is 21.7. The summed E-state index contributed by atoms with van der Waals surface area (Å²) >= 11 is 0. The van der Waals surface area contributed by atoms with E-state index in [1.54, 1.807) is 0 Å². The quantitative estimate of drug-likeness (QED) is 0.766. The second-order valence-corrected chi connectivity index (χ2v) is 4.11. The predicted octanol–water partition coefficient (Wildman–Crippen LogP) is 0.625. The number of carbonyl (C=O) groups excluding carboxylic acids is 1. The van der Waals surface area contributed by atoms with Gasteiger partial charge in [-0.05, 0) is 19.1 Å². The monoisotopic (exact) mass is 219 g/mol. The average Bonchev–Trinajstić information content (AvgIpc) is 2.30. The zero-order chi connectivity index (χ0) is 11.4. The summed E-state index contributed by atoms with van der Waals surface area (Å²) < 4.78 is 0. The highest BCUT2D eigenvalue weighted by atomic mass is 16.2. The Bertz CT molecular complexity index is 353. The van der Waals surface area contributed by atoms with E-state index in [4.69, 9.17) is 0 Å². The largest absolute Gasteiger partial charge is 0.312 e. The second kappa shape index (κ2) is 5.09. The summed E-state index contributed by atoms with van der Waals surface area (Å²) in [5, 5.41) is 5.30. The minimum Gasteiger partial charge on any atom is -0.312 e. The Labute approximate surface area is 95.6 Å². The smallest absolute Gasteiger partial charge is 0.265 e. The summed E-state index contributed by atoms with van der Waals surface area (Å²) in [6.45, 7) is 4.72. The number of amides is 1. The summed E-state index contributed by atoms with van der Waals surface area (Å²) in [6.07, 6.45) is 0. The molecule has 1 fully saturated rings. The van der Waals surface area contributed by atoms with Gasteiger partial charge in [0.2, 0.25) is 0 Å². The van der Waals surface area contributed by atoms with E-state index < -0.39 is 0 Å². The van der Waals surface area contributed by atoms with Gasteiger partial charge < -0.3 is 5.32 Å². The van der Waals surface area contributed by atoms with E-state index in [0.717, 1.165) is 19.6 Å². The first-order chi connectivity index (χ1) is 7.75. The van der Waals surface area contributed by atoms with Gasteiger partial charge in [0.15, 0.2) is 0 Å². The van der Waals surface area contributed by atoms with E-state index in [2.05, 4.69) is 17.7 Å². The topological polar surface area (TPSA) is 44.4 Å². The van der Waals surface area contributed by atoms with Crippen LogP contribution >= 0.6 is 0 Å². The molecule has 0 spiro atoms. The lowest BCUT2D eigenvalue weighted by Crippen LogP contribution is -2.55. The molecule has 1 saturated heterocycles. The Kier molecular flexibility index (Phi) is 3.54. The third-order valence-electron chi connectivity index (χ3n) is 2.66. The SMILES string of the molecule is CC1CN(NC(=O)c2ccccc2)CCN1. The Balaban J connectivity index is 1.92. The van der Waals surface area contributed by atoms with Gasteiger partial charge in [0.05, 0.1) is 0 Å². The van der Waals surface area contributed by atoms with Crippen LogP contribution in [0.1, 0.15) is 17.3 Å². The van der Waals surface area contributed by atoms with Crippen molar-refractivity contribution in [1.29, 1.82) is 0 Å². The molecule has 4 heteroatoms. The first kappa shape index (κ1) is 11.1. The molecule has 0 radical (unpaired) electrons. The maximum Gasteiger partial charge on any atom is 0.265 e. The fourth-order valence-electron chi connectivity index (χ4n) is 1.83. The number of piperazine rings is 1. The molecule has 1 atom stereocenters. The van der Waals surface area contributed by atoms with Crippen LogP contribution in [0, 0.1) is 0 Å². The van der Waals surface area contributed by atoms with Crippen molar-refractivity contribution in [3.05, 3.63) is 35.9 Å². The fourth-order valence-corrected chi connectivity index (χ4v) is 1.83. The summed E-state index contributed by atoms with van der Waals surface area (Å²) in [7, 11) is 0. The van der Waals surface area contributed by atoms with E-state index in [0.29, 0.717) is 11.6 Å². The van der Waals surface area contributed by atoms with Crippen LogP contribution in [0.3, 0.4) is 0 Å². The zero-order valence-corrected chi connectivity index (χ0v) is 9.44. The van der Waals surface area contributed by atoms with Crippen LogP contribution in [0.4, 0.5) is 0 Å². The van der Waals surface area contributed by atoms with Gasteiger partial charge >= 0.3 is 0 Å². The van der Waals surface area contributed by atoms with E-state index in [1.165, 1.54) is 0 Å². The molecule has 1 aromatic rings. The van der Waals surface area contributed by atoms with Crippen LogP contribution in [0.15, 0.2) is 30.3 Å². The molecule has 2 rings (SSSR count). The number of benzene rings is 1. The molecule has 2 N–H and O–H groups in total. The van der Waals surface area contributed by atoms with E-state index in [1.807, 2.05) is 35.3 Å². The average molecular weight is 219 g/mol. The molecule has 86 valence electrons. The van der Waals surface area contributed by atoms with Crippen molar-refractivity contribution in [2.24, 2.45) is 0 Å². The van der Waals surface area contributed by atoms with Gasteiger partial charge in [-0.25, -0.2) is 5.01 Å². The molecule has 0 aliphatic carbocycles. The molecule has 1 heterocycles. The first-order valence-electron chi connectivity index (χ1n) is 5.60. The number of hydrogen-bond donors (Lipinski definition) is 2. The van der Waals surface area contributed by atoms with E-state index >= 15 is 0 Å². The predicted molar refractivity (Wildman–Crippen MR) is 62.9 cm³/mol. The van der Waals surface area contributed by atoms with Crippen molar-refractivity contribution in [3.8, 4) is 0 Å². The van der Waals surface area contributed by atoms with Crippen molar-refractivity contribution in [2.45, 2.75) is 13.0 Å². The molecular weight excluding hydrogens is 202 g/mol. The molecule has 4 nitrogen and oxygen atoms in total. The van der Waals surface area contributed by atoms with Crippen LogP contribution in [-0.4, -0.2) is 36.6 Å². The van der Waals surface area contributed by atoms with Gasteiger partial charge in [0.25, 0.3) is 5.91 Å². The Hall–Kier alpha value is -1.39. The molecular formula is C12H17N3O. The number of nitrogens with one attached hydrogen (secondary N) is 2. The first-order valence-corrected chi connectivity index (χ1v) is 5.60. The molecule has 0 saturated carbocycles. The third-order valence-corrected chi connectivity index (χ3v) is 2.66. The number of nitrogens with zero attached hydrogens (tertiary/aromatic N) is 1. The summed E-state index contributed by atoms with van der Waals surface area (Å²) in [4.78, 5) is 11.8. The van der Waals surface area contributed by atoms with Gasteiger partial charge in [-0.15, -0.1) is 0 Å². The van der Waals surface area contributed by atoms with E-state index in [-0.39, 0.29) is 5.91 Å². The van der Waals surface area contributed by atoms with Crippen LogP contribution in [0.25, 0.3) is 0 Å². The molecule has 1 aliphatic heterocycles. The highest BCUT2D eigenvalue weighted by Crippen LogP contribution is 2.00. The van der Waals surface area contributed by atoms with Gasteiger partial charge in [-0.2, -0.15) is 0 Å². The Morgan fingerprint density at radius 3 is 2.88 bits per heavy atom. The lowest BCUT2D eigenvalue weighted by molar-refractivity contribution is 0.0731. The highest BCUT2D eigenvalue weighted by Gasteiger charge is 2.17. The highest BCUT2D eigenvalue weighted by molar-refractivity contribution is 5.93. The van der Waals surface area contributed by atoms with Crippen molar-refractivity contribution in [1.82, 2.24) is 15.8 Å². The summed E-state index contributed by atoms with van der Waals surface area (Å²) in [6, 6.07) is 9.71. The molecule has 0 bridgehead atoms. The lowest BCUT2D eigenvalue weighted by Gasteiger charge is -2.31. The maximum atomic E-state index is 11.8. The van der Waals surface area contributed by atoms with Crippen LogP contribution in [-0.2, 0) is 0 Å².